The summed E-state index contributed by atoms with van der Waals surface area (Å²) in [6.07, 6.45) is 3.14. The van der Waals surface area contributed by atoms with Gasteiger partial charge >= 0.3 is 0 Å². The van der Waals surface area contributed by atoms with Gasteiger partial charge in [0.05, 0.1) is 11.5 Å². The molecule has 1 amide bonds. The normalized spacial score (nSPS) is 17.4. The third-order valence-corrected chi connectivity index (χ3v) is 5.25. The van der Waals surface area contributed by atoms with E-state index >= 15 is 0 Å². The monoisotopic (exact) mass is 407 g/mol. The lowest BCUT2D eigenvalue weighted by Gasteiger charge is -2.19. The van der Waals surface area contributed by atoms with Crippen LogP contribution in [-0.4, -0.2) is 32.9 Å². The predicted molar refractivity (Wildman–Crippen MR) is 108 cm³/mol. The minimum absolute atomic E-state index is 0.0464. The number of aliphatic imine (C=N–C) groups is 1. The van der Waals surface area contributed by atoms with Crippen LogP contribution in [-0.2, 0) is 4.79 Å². The number of amidine groups is 2. The number of fused-ring (bicyclic) bond motifs is 1. The van der Waals surface area contributed by atoms with Gasteiger partial charge < -0.3 is 14.3 Å². The number of hydrogen-bond acceptors (Lipinski definition) is 7. The Labute approximate surface area is 170 Å². The predicted octanol–water partition coefficient (Wildman–Crippen LogP) is 2.73. The Kier molecular flexibility index (Phi) is 4.89. The van der Waals surface area contributed by atoms with Crippen LogP contribution in [0.2, 0.25) is 0 Å². The molecule has 8 nitrogen and oxygen atoms in total. The summed E-state index contributed by atoms with van der Waals surface area (Å²) >= 11 is 1.31. The summed E-state index contributed by atoms with van der Waals surface area (Å²) in [6.45, 7) is 2.03. The van der Waals surface area contributed by atoms with Crippen molar-refractivity contribution in [2.45, 2.75) is 19.8 Å². The third kappa shape index (κ3) is 3.64. The molecule has 0 bridgehead atoms. The Morgan fingerprint density at radius 1 is 1.28 bits per heavy atom. The third-order valence-electron chi connectivity index (χ3n) is 4.28. The molecule has 0 radical (unpaired) electrons. The highest BCUT2D eigenvalue weighted by Gasteiger charge is 2.35. The number of nitrogens with zero attached hydrogens (tertiary/aromatic N) is 3. The quantitative estimate of drug-likeness (QED) is 0.761. The summed E-state index contributed by atoms with van der Waals surface area (Å²) in [7, 11) is 0. The fraction of sp³-hybridized carbons (Fsp3) is 0.150. The molecule has 9 heteroatoms. The van der Waals surface area contributed by atoms with Gasteiger partial charge in [-0.05, 0) is 48.4 Å². The molecule has 0 atom stereocenters. The van der Waals surface area contributed by atoms with E-state index in [-0.39, 0.29) is 17.0 Å². The van der Waals surface area contributed by atoms with E-state index in [0.29, 0.717) is 22.3 Å². The molecule has 0 saturated carbocycles. The molecule has 4 rings (SSSR count). The van der Waals surface area contributed by atoms with Crippen LogP contribution in [0.4, 0.5) is 0 Å². The Morgan fingerprint density at radius 3 is 2.72 bits per heavy atom. The molecule has 0 spiro atoms. The lowest BCUT2D eigenvalue weighted by molar-refractivity contribution is -0.255. The van der Waals surface area contributed by atoms with Crippen LogP contribution in [0.5, 0.6) is 0 Å². The van der Waals surface area contributed by atoms with Gasteiger partial charge in [0, 0.05) is 5.56 Å². The topological polar surface area (TPSA) is 122 Å². The second-order valence-corrected chi connectivity index (χ2v) is 7.37. The molecule has 29 heavy (non-hydrogen) atoms. The Morgan fingerprint density at radius 2 is 2.03 bits per heavy atom. The largest absolute Gasteiger partial charge is 0.545 e. The first-order chi connectivity index (χ1) is 14.0. The number of nitrogens with one attached hydrogen (secondary N) is 1. The number of hydrogen-bond donors (Lipinski definition) is 1. The number of aromatic carboxylic acids is 1. The highest BCUT2D eigenvalue weighted by atomic mass is 32.2. The van der Waals surface area contributed by atoms with E-state index in [4.69, 9.17) is 9.83 Å². The molecule has 1 aromatic heterocycles. The SMILES string of the molecule is CCCC1=NN2C(=N)C(=Cc3ccc(-c4ccc(C(=O)[O-])cc4)o3)C(=O)N=C2S1. The number of furan rings is 1. The van der Waals surface area contributed by atoms with E-state index in [2.05, 4.69) is 10.1 Å². The zero-order valence-electron chi connectivity index (χ0n) is 15.3. The first-order valence-electron chi connectivity index (χ1n) is 8.87. The summed E-state index contributed by atoms with van der Waals surface area (Å²) in [5.74, 6) is -0.936. The van der Waals surface area contributed by atoms with E-state index < -0.39 is 11.9 Å². The second-order valence-electron chi connectivity index (χ2n) is 6.33. The number of hydrazone groups is 1. The van der Waals surface area contributed by atoms with Crippen LogP contribution in [0.15, 0.2) is 56.5 Å². The lowest BCUT2D eigenvalue weighted by atomic mass is 10.1. The van der Waals surface area contributed by atoms with Crippen molar-refractivity contribution in [2.75, 3.05) is 0 Å². The number of thioether (sulfide) groups is 1. The van der Waals surface area contributed by atoms with Crippen molar-refractivity contribution >= 4 is 45.8 Å². The van der Waals surface area contributed by atoms with E-state index in [1.165, 1.54) is 35.0 Å². The smallest absolute Gasteiger partial charge is 0.283 e. The van der Waals surface area contributed by atoms with Crippen molar-refractivity contribution < 1.29 is 19.1 Å². The highest BCUT2D eigenvalue weighted by molar-refractivity contribution is 8.26. The Hall–Kier alpha value is -3.46. The molecule has 2 aliphatic rings. The van der Waals surface area contributed by atoms with Crippen molar-refractivity contribution in [1.82, 2.24) is 5.01 Å². The minimum atomic E-state index is -1.25. The van der Waals surface area contributed by atoms with Crippen molar-refractivity contribution in [3.05, 3.63) is 53.3 Å². The van der Waals surface area contributed by atoms with Gasteiger partial charge in [0.25, 0.3) is 5.91 Å². The molecule has 1 N–H and O–H groups in total. The number of carboxylic acid groups (broad SMARTS) is 1. The van der Waals surface area contributed by atoms with Gasteiger partial charge in [0.15, 0.2) is 5.84 Å². The van der Waals surface area contributed by atoms with Gasteiger partial charge in [0.2, 0.25) is 5.17 Å². The average molecular weight is 407 g/mol. The van der Waals surface area contributed by atoms with Crippen molar-refractivity contribution in [2.24, 2.45) is 10.1 Å². The van der Waals surface area contributed by atoms with Crippen molar-refractivity contribution in [3.63, 3.8) is 0 Å². The van der Waals surface area contributed by atoms with Crippen LogP contribution >= 0.6 is 11.8 Å². The summed E-state index contributed by atoms with van der Waals surface area (Å²) in [5.41, 5.74) is 0.836. The summed E-state index contributed by atoms with van der Waals surface area (Å²) < 4.78 is 5.74. The second kappa shape index (κ2) is 7.51. The average Bonchev–Trinajstić information content (AvgIpc) is 3.32. The molecule has 0 unspecified atom stereocenters. The molecular formula is C20H15N4O4S-. The zero-order chi connectivity index (χ0) is 20.5. The van der Waals surface area contributed by atoms with Crippen LogP contribution in [0.25, 0.3) is 17.4 Å². The maximum absolute atomic E-state index is 12.4. The fourth-order valence-electron chi connectivity index (χ4n) is 2.85. The first-order valence-corrected chi connectivity index (χ1v) is 9.68. The summed E-state index contributed by atoms with van der Waals surface area (Å²) in [5, 5.41) is 26.1. The van der Waals surface area contributed by atoms with Crippen LogP contribution < -0.4 is 5.11 Å². The number of carboxylic acids is 1. The standard InChI is InChI=1S/C20H16N4O4S/c1-2-3-16-23-24-17(21)14(18(25)22-20(24)29-16)10-13-8-9-15(28-13)11-4-6-12(7-5-11)19(26)27/h4-10,21H,2-3H2,1H3,(H,26,27)/p-1. The van der Waals surface area contributed by atoms with Gasteiger partial charge in [-0.15, -0.1) is 0 Å². The first kappa shape index (κ1) is 18.9. The summed E-state index contributed by atoms with van der Waals surface area (Å²) in [6, 6.07) is 9.44. The molecule has 0 saturated heterocycles. The van der Waals surface area contributed by atoms with Gasteiger partial charge in [-0.1, -0.05) is 31.2 Å². The lowest BCUT2D eigenvalue weighted by Crippen LogP contribution is -2.35. The maximum atomic E-state index is 12.4. The van der Waals surface area contributed by atoms with E-state index in [1.54, 1.807) is 24.3 Å². The molecule has 0 fully saturated rings. The van der Waals surface area contributed by atoms with Gasteiger partial charge in [-0.3, -0.25) is 10.2 Å². The molecular weight excluding hydrogens is 392 g/mol. The minimum Gasteiger partial charge on any atom is -0.545 e. The highest BCUT2D eigenvalue weighted by Crippen LogP contribution is 2.30. The summed E-state index contributed by atoms with van der Waals surface area (Å²) in [4.78, 5) is 27.3. The van der Waals surface area contributed by atoms with Crippen molar-refractivity contribution in [3.8, 4) is 11.3 Å². The number of carbonyl (C=O) groups excluding carboxylic acids is 2. The number of benzene rings is 1. The number of carbonyl (C=O) groups is 2. The molecule has 2 aliphatic heterocycles. The molecule has 1 aromatic carbocycles. The molecule has 0 aliphatic carbocycles. The number of rotatable bonds is 5. The molecule has 146 valence electrons. The van der Waals surface area contributed by atoms with Crippen LogP contribution in [0.3, 0.4) is 0 Å². The van der Waals surface area contributed by atoms with Gasteiger partial charge in [-0.2, -0.15) is 15.1 Å². The van der Waals surface area contributed by atoms with Crippen LogP contribution in [0, 0.1) is 5.41 Å². The molecule has 2 aromatic rings. The Bertz CT molecular complexity index is 1110. The van der Waals surface area contributed by atoms with Crippen molar-refractivity contribution in [1.29, 1.82) is 5.41 Å². The van der Waals surface area contributed by atoms with E-state index in [0.717, 1.165) is 17.9 Å². The maximum Gasteiger partial charge on any atom is 0.283 e. The Balaban J connectivity index is 1.60. The zero-order valence-corrected chi connectivity index (χ0v) is 16.2. The van der Waals surface area contributed by atoms with Gasteiger partial charge in [0.1, 0.15) is 16.6 Å². The number of amides is 1. The van der Waals surface area contributed by atoms with E-state index in [1.807, 2.05) is 6.92 Å². The van der Waals surface area contributed by atoms with Gasteiger partial charge in [-0.25, -0.2) is 0 Å². The van der Waals surface area contributed by atoms with Crippen LogP contribution in [0.1, 0.15) is 35.9 Å². The molecule has 3 heterocycles. The fourth-order valence-corrected chi connectivity index (χ4v) is 3.83. The van der Waals surface area contributed by atoms with E-state index in [9.17, 15) is 14.7 Å².